The molecule has 14 N–H and O–H groups in total. The van der Waals surface area contributed by atoms with E-state index < -0.39 is 82.4 Å². The summed E-state index contributed by atoms with van der Waals surface area (Å²) in [7, 11) is 2.72. The summed E-state index contributed by atoms with van der Waals surface area (Å²) in [6.45, 7) is 5.94. The average molecular weight is 968 g/mol. The van der Waals surface area contributed by atoms with Crippen LogP contribution in [0.15, 0.2) is 59.6 Å². The summed E-state index contributed by atoms with van der Waals surface area (Å²) < 4.78 is 5.01. The van der Waals surface area contributed by atoms with Crippen molar-refractivity contribution in [1.82, 2.24) is 31.9 Å². The molecule has 2 aromatic rings. The molecule has 1 saturated heterocycles. The van der Waals surface area contributed by atoms with Gasteiger partial charge in [-0.3, -0.25) is 38.6 Å². The summed E-state index contributed by atoms with van der Waals surface area (Å²) in [5.74, 6) is -4.57. The van der Waals surface area contributed by atoms with E-state index in [4.69, 9.17) is 27.7 Å². The molecule has 1 aliphatic heterocycles. The highest BCUT2D eigenvalue weighted by molar-refractivity contribution is 8.77. The molecular weight excluding hydrogens is 899 g/mol. The summed E-state index contributed by atoms with van der Waals surface area (Å²) in [5, 5.41) is 16.9. The number of carbonyl (C=O) groups excluding carboxylic acids is 7. The molecule has 7 amide bonds. The van der Waals surface area contributed by atoms with E-state index in [-0.39, 0.29) is 62.8 Å². The molecule has 1 spiro atoms. The topological polar surface area (TPSA) is 317 Å². The maximum Gasteiger partial charge on any atom is 0.244 e. The number of amides is 7. The summed E-state index contributed by atoms with van der Waals surface area (Å²) in [6.07, 6.45) is 4.55. The van der Waals surface area contributed by atoms with Gasteiger partial charge in [0.15, 0.2) is 5.96 Å². The molecule has 2 aliphatic rings. The van der Waals surface area contributed by atoms with E-state index in [0.29, 0.717) is 31.6 Å². The highest BCUT2D eigenvalue weighted by atomic mass is 33.1. The first-order valence-corrected chi connectivity index (χ1v) is 25.3. The molecule has 0 bridgehead atoms. The summed E-state index contributed by atoms with van der Waals surface area (Å²) in [6, 6.07) is 9.18. The van der Waals surface area contributed by atoms with E-state index in [0.717, 1.165) is 30.4 Å². The van der Waals surface area contributed by atoms with Crippen LogP contribution in [0.1, 0.15) is 89.7 Å². The van der Waals surface area contributed by atoms with Crippen LogP contribution in [0.4, 0.5) is 0 Å². The van der Waals surface area contributed by atoms with Crippen LogP contribution >= 0.6 is 21.6 Å². The third-order valence-corrected chi connectivity index (χ3v) is 14.8. The number of rotatable bonds is 16. The van der Waals surface area contributed by atoms with Crippen molar-refractivity contribution in [3.63, 3.8) is 0 Å². The van der Waals surface area contributed by atoms with Gasteiger partial charge in [0.2, 0.25) is 41.4 Å². The monoisotopic (exact) mass is 967 g/mol. The van der Waals surface area contributed by atoms with Crippen LogP contribution in [0.3, 0.4) is 0 Å². The SMILES string of the molecule is CCOc1ccc(C[C@@H]2NC(=O)CC3(CCCCC3)SSC[C@H](C(=O)N[C@H](CCCN=C(N)N)C(N)=O)NC(=O)[C@@H](CCN)NC(=O)[C@H](C(C)C)NC(=O)[C@@H](Cc3ccccc3)NC2=O)cc1. The highest BCUT2D eigenvalue weighted by Crippen LogP contribution is 2.48. The van der Waals surface area contributed by atoms with Crippen LogP contribution in [-0.2, 0) is 46.4 Å². The molecule has 0 aromatic heterocycles. The molecular formula is C46H69N11O8S2. The van der Waals surface area contributed by atoms with Crippen LogP contribution in [0, 0.1) is 5.92 Å². The Morgan fingerprint density at radius 1 is 0.806 bits per heavy atom. The smallest absolute Gasteiger partial charge is 0.244 e. The van der Waals surface area contributed by atoms with E-state index in [1.807, 2.05) is 49.4 Å². The summed E-state index contributed by atoms with van der Waals surface area (Å²) >= 11 is 0. The Hall–Kier alpha value is -5.54. The van der Waals surface area contributed by atoms with Gasteiger partial charge in [-0.05, 0) is 74.8 Å². The standard InChI is InChI=1S/C46H69N11O8S2/c1-4-65-31-17-15-30(16-18-31)25-34-41(61)55-35(24-29-12-7-5-8-13-29)42(62)57-38(28(2)3)44(64)54-33(19-22-47)40(60)56-36(43(63)53-32(39(48)59)14-11-23-51-45(49)50)27-66-67-46(26-37(58)52-34)20-9-6-10-21-46/h5,7-8,12-13,15-18,28,32-36,38H,4,6,9-11,14,19-27,47H2,1-3H3,(H2,48,59)(H,52,58)(H,53,63)(H,54,64)(H,55,61)(H,56,60)(H,57,62)(H4,49,50,51)/t32-,33-,34+,35-,36-,38+/m1/s1. The van der Waals surface area contributed by atoms with Crippen LogP contribution < -0.4 is 59.6 Å². The largest absolute Gasteiger partial charge is 0.494 e. The minimum absolute atomic E-state index is 0.00929. The van der Waals surface area contributed by atoms with Crippen molar-refractivity contribution in [2.24, 2.45) is 33.8 Å². The van der Waals surface area contributed by atoms with Gasteiger partial charge in [-0.2, -0.15) is 0 Å². The van der Waals surface area contributed by atoms with Crippen molar-refractivity contribution < 1.29 is 38.3 Å². The average Bonchev–Trinajstić information content (AvgIpc) is 3.28. The number of ether oxygens (including phenoxy) is 1. The van der Waals surface area contributed by atoms with Crippen LogP contribution in [0.2, 0.25) is 0 Å². The quantitative estimate of drug-likeness (QED) is 0.0483. The predicted octanol–water partition coefficient (Wildman–Crippen LogP) is 0.811. The van der Waals surface area contributed by atoms with E-state index in [2.05, 4.69) is 36.9 Å². The van der Waals surface area contributed by atoms with E-state index >= 15 is 0 Å². The second kappa shape index (κ2) is 27.3. The predicted molar refractivity (Wildman–Crippen MR) is 261 cm³/mol. The van der Waals surface area contributed by atoms with Crippen LogP contribution in [0.5, 0.6) is 5.75 Å². The van der Waals surface area contributed by atoms with Gasteiger partial charge in [0.1, 0.15) is 42.0 Å². The number of nitrogens with one attached hydrogen (secondary N) is 6. The first-order chi connectivity index (χ1) is 32.0. The minimum atomic E-state index is -1.25. The first-order valence-electron chi connectivity index (χ1n) is 22.9. The van der Waals surface area contributed by atoms with Crippen molar-refractivity contribution in [3.8, 4) is 5.75 Å². The van der Waals surface area contributed by atoms with Crippen molar-refractivity contribution in [3.05, 3.63) is 65.7 Å². The number of aliphatic imine (C=N–C) groups is 1. The zero-order valence-electron chi connectivity index (χ0n) is 38.7. The van der Waals surface area contributed by atoms with E-state index in [9.17, 15) is 33.6 Å². The number of primary amides is 1. The second-order valence-electron chi connectivity index (χ2n) is 17.3. The molecule has 368 valence electrons. The Bertz CT molecular complexity index is 2000. The number of hydrogen-bond acceptors (Lipinski definition) is 12. The van der Waals surface area contributed by atoms with Gasteiger partial charge in [-0.15, -0.1) is 0 Å². The lowest BCUT2D eigenvalue weighted by molar-refractivity contribution is -0.136. The lowest BCUT2D eigenvalue weighted by atomic mass is 9.85. The number of hydrogen-bond donors (Lipinski definition) is 10. The molecule has 67 heavy (non-hydrogen) atoms. The number of carbonyl (C=O) groups is 7. The van der Waals surface area contributed by atoms with Crippen molar-refractivity contribution >= 4 is 68.9 Å². The van der Waals surface area contributed by atoms with Crippen molar-refractivity contribution in [1.29, 1.82) is 0 Å². The van der Waals surface area contributed by atoms with Gasteiger partial charge in [0, 0.05) is 36.3 Å². The van der Waals surface area contributed by atoms with Gasteiger partial charge in [0.25, 0.3) is 0 Å². The molecule has 1 heterocycles. The molecule has 2 fully saturated rings. The zero-order valence-corrected chi connectivity index (χ0v) is 40.3. The Labute approximate surface area is 400 Å². The normalized spacial score (nSPS) is 22.8. The maximum absolute atomic E-state index is 14.5. The third kappa shape index (κ3) is 17.9. The fourth-order valence-electron chi connectivity index (χ4n) is 7.92. The fourth-order valence-corrected chi connectivity index (χ4v) is 11.3. The molecule has 0 unspecified atom stereocenters. The number of guanidine groups is 1. The molecule has 19 nitrogen and oxygen atoms in total. The van der Waals surface area contributed by atoms with Crippen LogP contribution in [-0.4, -0.2) is 114 Å². The van der Waals surface area contributed by atoms with Crippen molar-refractivity contribution in [2.45, 2.75) is 132 Å². The van der Waals surface area contributed by atoms with Gasteiger partial charge in [-0.1, -0.05) is 97.2 Å². The molecule has 1 saturated carbocycles. The molecule has 2 aromatic carbocycles. The summed E-state index contributed by atoms with van der Waals surface area (Å²) in [4.78, 5) is 102. The van der Waals surface area contributed by atoms with E-state index in [1.54, 1.807) is 26.0 Å². The molecule has 6 atom stereocenters. The Morgan fingerprint density at radius 2 is 1.42 bits per heavy atom. The van der Waals surface area contributed by atoms with Gasteiger partial charge in [-0.25, -0.2) is 0 Å². The number of nitrogens with zero attached hydrogens (tertiary/aromatic N) is 1. The van der Waals surface area contributed by atoms with Crippen molar-refractivity contribution in [2.75, 3.05) is 25.4 Å². The first kappa shape index (κ1) is 54.1. The van der Waals surface area contributed by atoms with Gasteiger partial charge >= 0.3 is 0 Å². The molecule has 1 aliphatic carbocycles. The van der Waals surface area contributed by atoms with Gasteiger partial charge < -0.3 is 59.6 Å². The third-order valence-electron chi connectivity index (χ3n) is 11.5. The second-order valence-corrected chi connectivity index (χ2v) is 20.1. The highest BCUT2D eigenvalue weighted by Gasteiger charge is 2.39. The summed E-state index contributed by atoms with van der Waals surface area (Å²) in [5.41, 5.74) is 24.0. The lowest BCUT2D eigenvalue weighted by Gasteiger charge is -2.36. The zero-order chi connectivity index (χ0) is 48.9. The Kier molecular flexibility index (Phi) is 22.0. The van der Waals surface area contributed by atoms with Gasteiger partial charge in [0.05, 0.1) is 6.61 Å². The lowest BCUT2D eigenvalue weighted by Crippen LogP contribution is -2.61. The maximum atomic E-state index is 14.5. The molecule has 4 rings (SSSR count). The minimum Gasteiger partial charge on any atom is -0.494 e. The fraction of sp³-hybridized carbons (Fsp3) is 0.565. The van der Waals surface area contributed by atoms with Crippen LogP contribution in [0.25, 0.3) is 0 Å². The molecule has 0 radical (unpaired) electrons. The molecule has 21 heteroatoms. The number of nitrogens with two attached hydrogens (primary N) is 4. The van der Waals surface area contributed by atoms with E-state index in [1.165, 1.54) is 21.6 Å². The Morgan fingerprint density at radius 3 is 2.03 bits per heavy atom. The number of benzene rings is 2. The Balaban J connectivity index is 1.75.